The fourth-order valence-electron chi connectivity index (χ4n) is 2.65. The first-order valence-electron chi connectivity index (χ1n) is 8.03. The monoisotopic (exact) mass is 382 g/mol. The second-order valence-corrected chi connectivity index (χ2v) is 6.44. The lowest BCUT2D eigenvalue weighted by Crippen LogP contribution is -2.26. The molecule has 1 N–H and O–H groups in total. The van der Waals surface area contributed by atoms with Gasteiger partial charge in [-0.3, -0.25) is 4.79 Å². The van der Waals surface area contributed by atoms with Gasteiger partial charge in [-0.05, 0) is 23.3 Å². The zero-order valence-corrected chi connectivity index (χ0v) is 15.3. The first-order chi connectivity index (χ1) is 12.7. The number of hydrazone groups is 1. The first-order valence-corrected chi connectivity index (χ1v) is 8.79. The highest BCUT2D eigenvalue weighted by Gasteiger charge is 2.22. The van der Waals surface area contributed by atoms with Gasteiger partial charge in [0.25, 0.3) is 5.91 Å². The molecule has 3 aromatic rings. The molecule has 0 aromatic heterocycles. The summed E-state index contributed by atoms with van der Waals surface area (Å²) in [5.74, 6) is -0.696. The lowest BCUT2D eigenvalue weighted by molar-refractivity contribution is -0.121. The molecule has 130 valence electrons. The largest absolute Gasteiger partial charge is 0.272 e. The van der Waals surface area contributed by atoms with E-state index in [9.17, 15) is 4.79 Å². The van der Waals surface area contributed by atoms with Crippen LogP contribution in [0, 0.1) is 0 Å². The first kappa shape index (κ1) is 18.2. The van der Waals surface area contributed by atoms with Crippen molar-refractivity contribution in [3.63, 3.8) is 0 Å². The predicted octanol–water partition coefficient (Wildman–Crippen LogP) is 5.28. The maximum Gasteiger partial charge on any atom is 0.252 e. The zero-order valence-electron chi connectivity index (χ0n) is 13.8. The van der Waals surface area contributed by atoms with Gasteiger partial charge in [0, 0.05) is 5.56 Å². The topological polar surface area (TPSA) is 41.5 Å². The molecular formula is C21H16Cl2N2O. The summed E-state index contributed by atoms with van der Waals surface area (Å²) in [5.41, 5.74) is 4.94. The van der Waals surface area contributed by atoms with E-state index in [4.69, 9.17) is 23.2 Å². The number of hydrogen-bond acceptors (Lipinski definition) is 2. The molecule has 0 fully saturated rings. The molecule has 3 nitrogen and oxygen atoms in total. The van der Waals surface area contributed by atoms with Crippen LogP contribution >= 0.6 is 23.2 Å². The van der Waals surface area contributed by atoms with Crippen molar-refractivity contribution in [2.24, 2.45) is 5.10 Å². The van der Waals surface area contributed by atoms with E-state index in [2.05, 4.69) is 10.5 Å². The number of amides is 1. The second-order valence-electron chi connectivity index (χ2n) is 5.62. The molecule has 0 bridgehead atoms. The van der Waals surface area contributed by atoms with Crippen LogP contribution in [0.5, 0.6) is 0 Å². The van der Waals surface area contributed by atoms with Crippen molar-refractivity contribution >= 4 is 35.3 Å². The van der Waals surface area contributed by atoms with Crippen LogP contribution in [0.15, 0.2) is 84.0 Å². The summed E-state index contributed by atoms with van der Waals surface area (Å²) < 4.78 is 0. The Kier molecular flexibility index (Phi) is 6.05. The molecule has 0 atom stereocenters. The van der Waals surface area contributed by atoms with E-state index in [0.29, 0.717) is 15.6 Å². The van der Waals surface area contributed by atoms with Crippen LogP contribution in [0.3, 0.4) is 0 Å². The summed E-state index contributed by atoms with van der Waals surface area (Å²) in [5, 5.41) is 4.98. The molecule has 0 aliphatic heterocycles. The number of benzene rings is 3. The molecule has 0 unspecified atom stereocenters. The van der Waals surface area contributed by atoms with Crippen LogP contribution in [-0.2, 0) is 4.79 Å². The van der Waals surface area contributed by atoms with E-state index in [1.807, 2.05) is 60.7 Å². The Balaban J connectivity index is 1.84. The molecule has 0 heterocycles. The Bertz CT molecular complexity index is 852. The van der Waals surface area contributed by atoms with E-state index >= 15 is 0 Å². The fourth-order valence-corrected chi connectivity index (χ4v) is 3.14. The van der Waals surface area contributed by atoms with Crippen LogP contribution in [0.2, 0.25) is 10.0 Å². The highest BCUT2D eigenvalue weighted by molar-refractivity contribution is 6.38. The van der Waals surface area contributed by atoms with E-state index in [0.717, 1.165) is 11.1 Å². The van der Waals surface area contributed by atoms with Gasteiger partial charge >= 0.3 is 0 Å². The molecule has 0 saturated heterocycles. The Hall–Kier alpha value is -2.62. The average Bonchev–Trinajstić information content (AvgIpc) is 2.66. The summed E-state index contributed by atoms with van der Waals surface area (Å²) in [6.45, 7) is 0. The van der Waals surface area contributed by atoms with Gasteiger partial charge in [-0.25, -0.2) is 5.43 Å². The molecule has 1 amide bonds. The smallest absolute Gasteiger partial charge is 0.252 e. The quantitative estimate of drug-likeness (QED) is 0.473. The normalized spacial score (nSPS) is 11.0. The molecule has 3 rings (SSSR count). The van der Waals surface area contributed by atoms with Gasteiger partial charge in [-0.15, -0.1) is 0 Å². The van der Waals surface area contributed by atoms with Crippen molar-refractivity contribution < 1.29 is 4.79 Å². The lowest BCUT2D eigenvalue weighted by atomic mass is 9.91. The predicted molar refractivity (Wildman–Crippen MR) is 107 cm³/mol. The molecule has 3 aromatic carbocycles. The molecule has 0 saturated carbocycles. The van der Waals surface area contributed by atoms with E-state index in [1.54, 1.807) is 18.2 Å². The van der Waals surface area contributed by atoms with Crippen LogP contribution in [-0.4, -0.2) is 12.1 Å². The third-order valence-corrected chi connectivity index (χ3v) is 4.56. The van der Waals surface area contributed by atoms with E-state index in [-0.39, 0.29) is 5.91 Å². The lowest BCUT2D eigenvalue weighted by Gasteiger charge is -2.16. The zero-order chi connectivity index (χ0) is 18.4. The standard InChI is InChI=1S/C21H16Cl2N2O/c22-18-12-7-13-19(23)17(18)14-24-25-21(26)20(15-8-3-1-4-9-15)16-10-5-2-6-11-16/h1-14,20H,(H,25,26)/b24-14-. The maximum atomic E-state index is 12.8. The minimum absolute atomic E-state index is 0.234. The fraction of sp³-hybridized carbons (Fsp3) is 0.0476. The molecule has 26 heavy (non-hydrogen) atoms. The second kappa shape index (κ2) is 8.65. The van der Waals surface area contributed by atoms with Gasteiger partial charge in [-0.2, -0.15) is 5.10 Å². The number of nitrogens with one attached hydrogen (secondary N) is 1. The molecular weight excluding hydrogens is 367 g/mol. The summed E-state index contributed by atoms with van der Waals surface area (Å²) in [7, 11) is 0. The molecule has 0 aliphatic rings. The van der Waals surface area contributed by atoms with Gasteiger partial charge < -0.3 is 0 Å². The van der Waals surface area contributed by atoms with E-state index in [1.165, 1.54) is 6.21 Å². The van der Waals surface area contributed by atoms with Crippen molar-refractivity contribution in [3.05, 3.63) is 106 Å². The molecule has 0 aliphatic carbocycles. The summed E-state index contributed by atoms with van der Waals surface area (Å²) in [6.07, 6.45) is 1.45. The summed E-state index contributed by atoms with van der Waals surface area (Å²) in [6, 6.07) is 24.3. The van der Waals surface area contributed by atoms with Crippen LogP contribution in [0.25, 0.3) is 0 Å². The molecule has 5 heteroatoms. The van der Waals surface area contributed by atoms with Crippen LogP contribution in [0.4, 0.5) is 0 Å². The van der Waals surface area contributed by atoms with Crippen LogP contribution < -0.4 is 5.43 Å². The van der Waals surface area contributed by atoms with Gasteiger partial charge in [0.05, 0.1) is 22.2 Å². The number of carbonyl (C=O) groups excluding carboxylic acids is 1. The Morgan fingerprint density at radius 2 is 1.31 bits per heavy atom. The van der Waals surface area contributed by atoms with Crippen molar-refractivity contribution in [3.8, 4) is 0 Å². The van der Waals surface area contributed by atoms with Gasteiger partial charge in [0.15, 0.2) is 0 Å². The average molecular weight is 383 g/mol. The van der Waals surface area contributed by atoms with Gasteiger partial charge in [-0.1, -0.05) is 89.9 Å². The third-order valence-electron chi connectivity index (χ3n) is 3.90. The molecule has 0 spiro atoms. The number of nitrogens with zero attached hydrogens (tertiary/aromatic N) is 1. The highest BCUT2D eigenvalue weighted by atomic mass is 35.5. The van der Waals surface area contributed by atoms with Crippen molar-refractivity contribution in [1.82, 2.24) is 5.43 Å². The minimum Gasteiger partial charge on any atom is -0.272 e. The number of hydrogen-bond donors (Lipinski definition) is 1. The van der Waals surface area contributed by atoms with Crippen LogP contribution in [0.1, 0.15) is 22.6 Å². The third kappa shape index (κ3) is 4.31. The summed E-state index contributed by atoms with van der Waals surface area (Å²) in [4.78, 5) is 12.8. The van der Waals surface area contributed by atoms with Crippen molar-refractivity contribution in [2.75, 3.05) is 0 Å². The van der Waals surface area contributed by atoms with Crippen molar-refractivity contribution in [1.29, 1.82) is 0 Å². The van der Waals surface area contributed by atoms with Gasteiger partial charge in [0.1, 0.15) is 0 Å². The SMILES string of the molecule is O=C(N/N=C\c1c(Cl)cccc1Cl)C(c1ccccc1)c1ccccc1. The highest BCUT2D eigenvalue weighted by Crippen LogP contribution is 2.25. The minimum atomic E-state index is -0.462. The molecule has 0 radical (unpaired) electrons. The van der Waals surface area contributed by atoms with Gasteiger partial charge in [0.2, 0.25) is 0 Å². The maximum absolute atomic E-state index is 12.8. The Morgan fingerprint density at radius 3 is 1.81 bits per heavy atom. The number of halogens is 2. The van der Waals surface area contributed by atoms with Crippen molar-refractivity contribution in [2.45, 2.75) is 5.92 Å². The summed E-state index contributed by atoms with van der Waals surface area (Å²) >= 11 is 12.2. The number of carbonyl (C=O) groups is 1. The van der Waals surface area contributed by atoms with E-state index < -0.39 is 5.92 Å². The Morgan fingerprint density at radius 1 is 0.808 bits per heavy atom. The number of rotatable bonds is 5. The Labute approximate surface area is 162 Å².